The predicted octanol–water partition coefficient (Wildman–Crippen LogP) is -3.22. The number of hydrogen-bond acceptors (Lipinski definition) is 6. The van der Waals surface area contributed by atoms with Crippen molar-refractivity contribution in [2.24, 2.45) is 0 Å². The van der Waals surface area contributed by atoms with Gasteiger partial charge in [-0.2, -0.15) is 0 Å². The Morgan fingerprint density at radius 2 is 1.79 bits per heavy atom. The summed E-state index contributed by atoms with van der Waals surface area (Å²) in [6.45, 7) is -0.587. The molecule has 0 aromatic rings. The highest BCUT2D eigenvalue weighted by atomic mass is 16.3. The molecule has 1 aliphatic heterocycles. The minimum absolute atomic E-state index is 0.108. The Bertz CT molecular complexity index is 177. The van der Waals surface area contributed by atoms with Crippen molar-refractivity contribution in [2.75, 3.05) is 13.2 Å². The lowest BCUT2D eigenvalue weighted by molar-refractivity contribution is -0.0136. The van der Waals surface area contributed by atoms with Gasteiger partial charge in [-0.05, 0) is 6.42 Å². The van der Waals surface area contributed by atoms with E-state index in [9.17, 15) is 15.3 Å². The zero-order valence-corrected chi connectivity index (χ0v) is 7.74. The van der Waals surface area contributed by atoms with Crippen LogP contribution in [0.15, 0.2) is 0 Å². The van der Waals surface area contributed by atoms with Crippen LogP contribution in [0.3, 0.4) is 0 Å². The average Bonchev–Trinajstić information content (AvgIpc) is 2.46. The van der Waals surface area contributed by atoms with Gasteiger partial charge in [0, 0.05) is 12.6 Å². The number of nitrogens with one attached hydrogen (secondary N) is 1. The summed E-state index contributed by atoms with van der Waals surface area (Å²) in [6, 6.07) is -1.19. The van der Waals surface area contributed by atoms with E-state index in [2.05, 4.69) is 5.32 Å². The van der Waals surface area contributed by atoms with Crippen LogP contribution < -0.4 is 5.32 Å². The molecule has 0 bridgehead atoms. The molecule has 5 atom stereocenters. The maximum absolute atomic E-state index is 9.49. The van der Waals surface area contributed by atoms with Gasteiger partial charge in [-0.3, -0.25) is 0 Å². The molecular formula is C8H17NO5. The molecule has 6 N–H and O–H groups in total. The third kappa shape index (κ3) is 2.22. The van der Waals surface area contributed by atoms with Crippen LogP contribution in [0.2, 0.25) is 0 Å². The second-order valence-corrected chi connectivity index (χ2v) is 3.54. The Morgan fingerprint density at radius 3 is 2.29 bits per heavy atom. The molecule has 1 heterocycles. The van der Waals surface area contributed by atoms with Gasteiger partial charge in [0.15, 0.2) is 0 Å². The van der Waals surface area contributed by atoms with Gasteiger partial charge in [0.1, 0.15) is 0 Å². The van der Waals surface area contributed by atoms with Crippen LogP contribution >= 0.6 is 0 Å². The molecule has 0 saturated carbocycles. The van der Waals surface area contributed by atoms with E-state index in [1.54, 1.807) is 0 Å². The highest BCUT2D eigenvalue weighted by Gasteiger charge is 2.43. The SMILES string of the molecule is OCC[C@H]1N[C@@H]([C@H](O)CO)[C@@H](O)[C@H]1O. The monoisotopic (exact) mass is 207 g/mol. The third-order valence-electron chi connectivity index (χ3n) is 2.58. The minimum Gasteiger partial charge on any atom is -0.396 e. The molecule has 6 nitrogen and oxygen atoms in total. The molecule has 84 valence electrons. The first-order chi connectivity index (χ1) is 6.61. The van der Waals surface area contributed by atoms with Crippen molar-refractivity contribution in [2.45, 2.75) is 36.8 Å². The van der Waals surface area contributed by atoms with E-state index >= 15 is 0 Å². The summed E-state index contributed by atoms with van der Waals surface area (Å²) in [5.41, 5.74) is 0. The van der Waals surface area contributed by atoms with Crippen LogP contribution in [-0.4, -0.2) is 69.1 Å². The second-order valence-electron chi connectivity index (χ2n) is 3.54. The van der Waals surface area contributed by atoms with E-state index in [0.717, 1.165) is 0 Å². The Labute approximate surface area is 81.8 Å². The topological polar surface area (TPSA) is 113 Å². The summed E-state index contributed by atoms with van der Waals surface area (Å²) in [5.74, 6) is 0. The first-order valence-corrected chi connectivity index (χ1v) is 4.63. The van der Waals surface area contributed by atoms with Crippen molar-refractivity contribution < 1.29 is 25.5 Å². The molecule has 1 saturated heterocycles. The van der Waals surface area contributed by atoms with Crippen molar-refractivity contribution in [3.63, 3.8) is 0 Å². The van der Waals surface area contributed by atoms with Crippen molar-refractivity contribution in [3.8, 4) is 0 Å². The largest absolute Gasteiger partial charge is 0.396 e. The molecule has 0 aromatic carbocycles. The van der Waals surface area contributed by atoms with E-state index in [0.29, 0.717) is 6.42 Å². The summed E-state index contributed by atoms with van der Waals surface area (Å²) in [4.78, 5) is 0. The summed E-state index contributed by atoms with van der Waals surface area (Å²) >= 11 is 0. The normalized spacial score (nSPS) is 40.1. The molecular weight excluding hydrogens is 190 g/mol. The number of hydrogen-bond donors (Lipinski definition) is 6. The smallest absolute Gasteiger partial charge is 0.0993 e. The van der Waals surface area contributed by atoms with Crippen molar-refractivity contribution in [1.82, 2.24) is 5.32 Å². The van der Waals surface area contributed by atoms with Gasteiger partial charge in [0.2, 0.25) is 0 Å². The second kappa shape index (κ2) is 5.01. The molecule has 0 aliphatic carbocycles. The Kier molecular flexibility index (Phi) is 4.24. The fraction of sp³-hybridized carbons (Fsp3) is 1.00. The van der Waals surface area contributed by atoms with Gasteiger partial charge in [-0.15, -0.1) is 0 Å². The molecule has 0 amide bonds. The molecule has 0 spiro atoms. The van der Waals surface area contributed by atoms with Crippen LogP contribution in [-0.2, 0) is 0 Å². The molecule has 1 fully saturated rings. The van der Waals surface area contributed by atoms with Gasteiger partial charge < -0.3 is 30.8 Å². The number of aliphatic hydroxyl groups excluding tert-OH is 5. The fourth-order valence-electron chi connectivity index (χ4n) is 1.74. The lowest BCUT2D eigenvalue weighted by Crippen LogP contribution is -2.45. The van der Waals surface area contributed by atoms with Gasteiger partial charge in [-0.1, -0.05) is 0 Å². The zero-order valence-electron chi connectivity index (χ0n) is 7.74. The highest BCUT2D eigenvalue weighted by Crippen LogP contribution is 2.19. The maximum Gasteiger partial charge on any atom is 0.0993 e. The minimum atomic E-state index is -1.12. The third-order valence-corrected chi connectivity index (χ3v) is 2.58. The molecule has 1 aliphatic rings. The molecule has 0 unspecified atom stereocenters. The molecule has 0 aromatic heterocycles. The molecule has 14 heavy (non-hydrogen) atoms. The van der Waals surface area contributed by atoms with Crippen LogP contribution in [0, 0.1) is 0 Å². The fourth-order valence-corrected chi connectivity index (χ4v) is 1.74. The van der Waals surface area contributed by atoms with Gasteiger partial charge in [0.05, 0.1) is 31.0 Å². The maximum atomic E-state index is 9.49. The van der Waals surface area contributed by atoms with E-state index in [4.69, 9.17) is 10.2 Å². The van der Waals surface area contributed by atoms with Gasteiger partial charge >= 0.3 is 0 Å². The highest BCUT2D eigenvalue weighted by molar-refractivity contribution is 5.00. The van der Waals surface area contributed by atoms with Crippen molar-refractivity contribution in [1.29, 1.82) is 0 Å². The van der Waals surface area contributed by atoms with Crippen molar-refractivity contribution >= 4 is 0 Å². The first kappa shape index (κ1) is 11.8. The molecule has 1 rings (SSSR count). The summed E-state index contributed by atoms with van der Waals surface area (Å²) in [5, 5.41) is 48.4. The van der Waals surface area contributed by atoms with Crippen LogP contribution in [0.5, 0.6) is 0 Å². The lowest BCUT2D eigenvalue weighted by Gasteiger charge is -2.19. The van der Waals surface area contributed by atoms with E-state index in [1.165, 1.54) is 0 Å². The van der Waals surface area contributed by atoms with Crippen LogP contribution in [0.1, 0.15) is 6.42 Å². The van der Waals surface area contributed by atoms with Crippen molar-refractivity contribution in [3.05, 3.63) is 0 Å². The Balaban J connectivity index is 2.57. The van der Waals surface area contributed by atoms with Crippen LogP contribution in [0.4, 0.5) is 0 Å². The average molecular weight is 207 g/mol. The Hall–Kier alpha value is -0.240. The predicted molar refractivity (Wildman–Crippen MR) is 47.5 cm³/mol. The van der Waals surface area contributed by atoms with E-state index < -0.39 is 37.0 Å². The number of aliphatic hydroxyl groups is 5. The van der Waals surface area contributed by atoms with Gasteiger partial charge in [-0.25, -0.2) is 0 Å². The molecule has 0 radical (unpaired) electrons. The summed E-state index contributed by atoms with van der Waals surface area (Å²) in [6.07, 6.45) is -2.95. The summed E-state index contributed by atoms with van der Waals surface area (Å²) in [7, 11) is 0. The quantitative estimate of drug-likeness (QED) is 0.289. The van der Waals surface area contributed by atoms with Crippen LogP contribution in [0.25, 0.3) is 0 Å². The lowest BCUT2D eigenvalue weighted by atomic mass is 10.0. The van der Waals surface area contributed by atoms with Gasteiger partial charge in [0.25, 0.3) is 0 Å². The number of rotatable bonds is 4. The van der Waals surface area contributed by atoms with E-state index in [1.807, 2.05) is 0 Å². The zero-order chi connectivity index (χ0) is 10.7. The standard InChI is InChI=1S/C8H17NO5/c10-2-1-4-7(13)8(14)6(9-4)5(12)3-11/h4-14H,1-3H2/t4-,5-,6+,7+,8-/m1/s1. The summed E-state index contributed by atoms with van der Waals surface area (Å²) < 4.78 is 0. The first-order valence-electron chi connectivity index (χ1n) is 4.63. The Morgan fingerprint density at radius 1 is 1.14 bits per heavy atom. The van der Waals surface area contributed by atoms with E-state index in [-0.39, 0.29) is 6.61 Å². The molecule has 6 heteroatoms.